The van der Waals surface area contributed by atoms with E-state index >= 15 is 0 Å². The molecular formula is C21H31N5O3. The van der Waals surface area contributed by atoms with E-state index in [1.807, 2.05) is 31.3 Å². The van der Waals surface area contributed by atoms with Crippen molar-refractivity contribution < 1.29 is 14.0 Å². The van der Waals surface area contributed by atoms with Crippen LogP contribution in [0.3, 0.4) is 0 Å². The molecule has 1 saturated heterocycles. The second-order valence-corrected chi connectivity index (χ2v) is 6.98. The van der Waals surface area contributed by atoms with Crippen LogP contribution >= 0.6 is 0 Å². The fraction of sp³-hybridized carbons (Fsp3) is 0.524. The first-order chi connectivity index (χ1) is 14.2. The summed E-state index contributed by atoms with van der Waals surface area (Å²) in [5.74, 6) is 3.46. The number of nitrogens with zero attached hydrogens (tertiary/aromatic N) is 4. The van der Waals surface area contributed by atoms with Gasteiger partial charge in [-0.25, -0.2) is 0 Å². The Labute approximate surface area is 172 Å². The molecule has 1 aromatic carbocycles. The number of guanidine groups is 1. The summed E-state index contributed by atoms with van der Waals surface area (Å²) in [7, 11) is 5.20. The van der Waals surface area contributed by atoms with Crippen LogP contribution in [0, 0.1) is 0 Å². The number of rotatable bonds is 7. The summed E-state index contributed by atoms with van der Waals surface area (Å²) in [6, 6.07) is 7.92. The van der Waals surface area contributed by atoms with Gasteiger partial charge in [0.05, 0.1) is 26.5 Å². The monoisotopic (exact) mass is 401 g/mol. The molecule has 0 amide bonds. The predicted octanol–water partition coefficient (Wildman–Crippen LogP) is 2.15. The Hall–Kier alpha value is -2.74. The molecule has 0 spiro atoms. The minimum Gasteiger partial charge on any atom is -0.497 e. The molecule has 0 bridgehead atoms. The fourth-order valence-corrected chi connectivity index (χ4v) is 3.47. The van der Waals surface area contributed by atoms with Crippen LogP contribution in [0.1, 0.15) is 23.9 Å². The van der Waals surface area contributed by atoms with Gasteiger partial charge in [-0.05, 0) is 24.6 Å². The van der Waals surface area contributed by atoms with Gasteiger partial charge in [-0.15, -0.1) is 0 Å². The van der Waals surface area contributed by atoms with E-state index in [1.165, 1.54) is 0 Å². The highest BCUT2D eigenvalue weighted by atomic mass is 16.5. The Bertz CT molecular complexity index is 812. The zero-order valence-corrected chi connectivity index (χ0v) is 17.8. The van der Waals surface area contributed by atoms with Gasteiger partial charge in [-0.2, -0.15) is 0 Å². The molecule has 3 rings (SSSR count). The van der Waals surface area contributed by atoms with E-state index in [2.05, 4.69) is 32.2 Å². The number of hydrogen-bond donors (Lipinski definition) is 1. The van der Waals surface area contributed by atoms with Crippen LogP contribution in [0.5, 0.6) is 11.5 Å². The smallest absolute Gasteiger partial charge is 0.194 e. The second-order valence-electron chi connectivity index (χ2n) is 6.98. The third-order valence-corrected chi connectivity index (χ3v) is 5.16. The zero-order chi connectivity index (χ0) is 20.6. The first-order valence-corrected chi connectivity index (χ1v) is 10.00. The molecule has 0 unspecified atom stereocenters. The van der Waals surface area contributed by atoms with Crippen molar-refractivity contribution in [1.82, 2.24) is 20.3 Å². The van der Waals surface area contributed by atoms with Gasteiger partial charge in [-0.3, -0.25) is 9.89 Å². The molecule has 1 aliphatic heterocycles. The van der Waals surface area contributed by atoms with Crippen LogP contribution in [0.15, 0.2) is 33.8 Å². The minimum absolute atomic E-state index is 0.584. The van der Waals surface area contributed by atoms with E-state index in [-0.39, 0.29) is 0 Å². The molecule has 0 aliphatic carbocycles. The van der Waals surface area contributed by atoms with Crippen molar-refractivity contribution in [3.8, 4) is 11.5 Å². The largest absolute Gasteiger partial charge is 0.497 e. The van der Waals surface area contributed by atoms with Crippen molar-refractivity contribution in [2.24, 2.45) is 4.99 Å². The molecule has 1 fully saturated rings. The van der Waals surface area contributed by atoms with Gasteiger partial charge in [0.25, 0.3) is 0 Å². The third kappa shape index (κ3) is 5.41. The Morgan fingerprint density at radius 2 is 1.97 bits per heavy atom. The van der Waals surface area contributed by atoms with E-state index in [9.17, 15) is 0 Å². The van der Waals surface area contributed by atoms with E-state index in [0.29, 0.717) is 6.54 Å². The van der Waals surface area contributed by atoms with Crippen molar-refractivity contribution in [3.05, 3.63) is 41.3 Å². The number of aromatic nitrogens is 1. The van der Waals surface area contributed by atoms with E-state index in [1.54, 1.807) is 14.2 Å². The SMILES string of the molecule is CCc1cc(CNC(=NC)N2CCN(Cc3cc(OC)ccc3OC)CC2)on1. The molecule has 1 N–H and O–H groups in total. The van der Waals surface area contributed by atoms with Gasteiger partial charge in [0.1, 0.15) is 11.5 Å². The number of aliphatic imine (C=N–C) groups is 1. The lowest BCUT2D eigenvalue weighted by Crippen LogP contribution is -2.52. The van der Waals surface area contributed by atoms with Gasteiger partial charge in [0.15, 0.2) is 11.7 Å². The lowest BCUT2D eigenvalue weighted by Gasteiger charge is -2.36. The zero-order valence-electron chi connectivity index (χ0n) is 17.8. The fourth-order valence-electron chi connectivity index (χ4n) is 3.47. The second kappa shape index (κ2) is 10.2. The van der Waals surface area contributed by atoms with Gasteiger partial charge in [0, 0.05) is 51.4 Å². The van der Waals surface area contributed by atoms with E-state index in [0.717, 1.165) is 73.6 Å². The lowest BCUT2D eigenvalue weighted by molar-refractivity contribution is 0.170. The van der Waals surface area contributed by atoms with Crippen molar-refractivity contribution in [3.63, 3.8) is 0 Å². The highest BCUT2D eigenvalue weighted by Crippen LogP contribution is 2.25. The van der Waals surface area contributed by atoms with Crippen molar-refractivity contribution in [2.45, 2.75) is 26.4 Å². The Kier molecular flexibility index (Phi) is 7.35. The molecule has 1 aliphatic rings. The summed E-state index contributed by atoms with van der Waals surface area (Å²) in [4.78, 5) is 9.12. The Balaban J connectivity index is 1.52. The maximum atomic E-state index is 5.51. The van der Waals surface area contributed by atoms with Gasteiger partial charge in [-0.1, -0.05) is 12.1 Å². The summed E-state index contributed by atoms with van der Waals surface area (Å²) in [5.41, 5.74) is 2.11. The summed E-state index contributed by atoms with van der Waals surface area (Å²) >= 11 is 0. The molecule has 158 valence electrons. The first kappa shape index (κ1) is 21.0. The molecule has 0 atom stereocenters. The normalized spacial score (nSPS) is 15.4. The van der Waals surface area contributed by atoms with Crippen LogP contribution in [-0.2, 0) is 19.5 Å². The summed E-state index contributed by atoms with van der Waals surface area (Å²) < 4.78 is 16.2. The number of methoxy groups -OCH3 is 2. The average molecular weight is 402 g/mol. The van der Waals surface area contributed by atoms with E-state index < -0.39 is 0 Å². The number of nitrogens with one attached hydrogen (secondary N) is 1. The number of aryl methyl sites for hydroxylation is 1. The minimum atomic E-state index is 0.584. The summed E-state index contributed by atoms with van der Waals surface area (Å²) in [6.07, 6.45) is 0.873. The molecule has 8 nitrogen and oxygen atoms in total. The molecular weight excluding hydrogens is 370 g/mol. The number of hydrogen-bond acceptors (Lipinski definition) is 6. The highest BCUT2D eigenvalue weighted by Gasteiger charge is 2.21. The summed E-state index contributed by atoms with van der Waals surface area (Å²) in [6.45, 7) is 7.19. The number of benzene rings is 1. The van der Waals surface area contributed by atoms with Crippen molar-refractivity contribution in [1.29, 1.82) is 0 Å². The Morgan fingerprint density at radius 1 is 1.17 bits per heavy atom. The quantitative estimate of drug-likeness (QED) is 0.563. The van der Waals surface area contributed by atoms with Crippen molar-refractivity contribution >= 4 is 5.96 Å². The third-order valence-electron chi connectivity index (χ3n) is 5.16. The van der Waals surface area contributed by atoms with Crippen LogP contribution in [0.2, 0.25) is 0 Å². The lowest BCUT2D eigenvalue weighted by atomic mass is 10.1. The molecule has 2 aromatic rings. The molecule has 0 radical (unpaired) electrons. The van der Waals surface area contributed by atoms with Crippen LogP contribution < -0.4 is 14.8 Å². The molecule has 0 saturated carbocycles. The highest BCUT2D eigenvalue weighted by molar-refractivity contribution is 5.79. The topological polar surface area (TPSA) is 75.4 Å². The maximum absolute atomic E-state index is 5.51. The number of piperazine rings is 1. The predicted molar refractivity (Wildman–Crippen MR) is 112 cm³/mol. The van der Waals surface area contributed by atoms with Crippen LogP contribution in [0.25, 0.3) is 0 Å². The number of ether oxygens (including phenoxy) is 2. The maximum Gasteiger partial charge on any atom is 0.194 e. The molecule has 29 heavy (non-hydrogen) atoms. The average Bonchev–Trinajstić information content (AvgIpc) is 3.23. The van der Waals surface area contributed by atoms with Gasteiger partial charge in [0.2, 0.25) is 0 Å². The molecule has 2 heterocycles. The van der Waals surface area contributed by atoms with E-state index in [4.69, 9.17) is 14.0 Å². The summed E-state index contributed by atoms with van der Waals surface area (Å²) in [5, 5.41) is 7.41. The first-order valence-electron chi connectivity index (χ1n) is 10.00. The molecule has 8 heteroatoms. The Morgan fingerprint density at radius 3 is 2.59 bits per heavy atom. The van der Waals surface area contributed by atoms with Gasteiger partial charge >= 0.3 is 0 Å². The van der Waals surface area contributed by atoms with Gasteiger partial charge < -0.3 is 24.2 Å². The molecule has 1 aromatic heterocycles. The standard InChI is InChI=1S/C21H31N5O3/c1-5-17-13-19(29-24-17)14-23-21(22-2)26-10-8-25(9-11-26)15-16-12-18(27-3)6-7-20(16)28-4/h6-7,12-13H,5,8-11,14-15H2,1-4H3,(H,22,23). The van der Waals surface area contributed by atoms with Crippen molar-refractivity contribution in [2.75, 3.05) is 47.4 Å². The van der Waals surface area contributed by atoms with Crippen LogP contribution in [-0.4, -0.2) is 68.4 Å². The van der Waals surface area contributed by atoms with Crippen LogP contribution in [0.4, 0.5) is 0 Å².